The first-order valence-corrected chi connectivity index (χ1v) is 10.0. The minimum Gasteiger partial charge on any atom is -0.493 e. The molecule has 1 saturated carbocycles. The van der Waals surface area contributed by atoms with Gasteiger partial charge in [-0.05, 0) is 60.5 Å². The molecule has 0 amide bonds. The Balaban J connectivity index is 1.73. The van der Waals surface area contributed by atoms with Crippen molar-refractivity contribution in [3.05, 3.63) is 60.0 Å². The minimum atomic E-state index is 0.666. The van der Waals surface area contributed by atoms with E-state index in [-0.39, 0.29) is 0 Å². The summed E-state index contributed by atoms with van der Waals surface area (Å²) in [6.07, 6.45) is 2.50. The first-order valence-electron chi connectivity index (χ1n) is 9.16. The molecule has 136 valence electrons. The fourth-order valence-electron chi connectivity index (χ4n) is 3.31. The first kappa shape index (κ1) is 16.4. The van der Waals surface area contributed by atoms with Crippen molar-refractivity contribution in [3.8, 4) is 27.9 Å². The molecule has 2 aromatic carbocycles. The Bertz CT molecular complexity index is 1080. The quantitative estimate of drug-likeness (QED) is 0.442. The van der Waals surface area contributed by atoms with Crippen molar-refractivity contribution in [2.24, 2.45) is 5.92 Å². The number of methoxy groups -OCH3 is 1. The number of para-hydroxylation sites is 3. The van der Waals surface area contributed by atoms with Crippen molar-refractivity contribution in [2.75, 3.05) is 13.7 Å². The number of imidazole rings is 1. The summed E-state index contributed by atoms with van der Waals surface area (Å²) >= 11 is 1.70. The van der Waals surface area contributed by atoms with Gasteiger partial charge in [-0.2, -0.15) is 0 Å². The van der Waals surface area contributed by atoms with Crippen LogP contribution in [0.2, 0.25) is 0 Å². The molecule has 4 aromatic rings. The van der Waals surface area contributed by atoms with Crippen molar-refractivity contribution >= 4 is 22.4 Å². The largest absolute Gasteiger partial charge is 0.493 e. The molecule has 0 radical (unpaired) electrons. The van der Waals surface area contributed by atoms with E-state index in [0.29, 0.717) is 5.92 Å². The lowest BCUT2D eigenvalue weighted by molar-refractivity contribution is 0.281. The van der Waals surface area contributed by atoms with Gasteiger partial charge in [0, 0.05) is 0 Å². The van der Waals surface area contributed by atoms with Gasteiger partial charge in [0.2, 0.25) is 0 Å². The highest BCUT2D eigenvalue weighted by Gasteiger charge is 2.25. The van der Waals surface area contributed by atoms with Crippen LogP contribution >= 0.6 is 11.3 Å². The molecule has 0 saturated heterocycles. The lowest BCUT2D eigenvalue weighted by Gasteiger charge is -2.15. The monoisotopic (exact) mass is 376 g/mol. The number of hydrogen-bond acceptors (Lipinski definition) is 4. The Morgan fingerprint density at radius 2 is 1.96 bits per heavy atom. The van der Waals surface area contributed by atoms with Crippen molar-refractivity contribution in [3.63, 3.8) is 0 Å². The van der Waals surface area contributed by atoms with Crippen LogP contribution in [0.15, 0.2) is 60.0 Å². The first-order chi connectivity index (χ1) is 13.3. The van der Waals surface area contributed by atoms with E-state index >= 15 is 0 Å². The van der Waals surface area contributed by atoms with E-state index in [4.69, 9.17) is 14.5 Å². The van der Waals surface area contributed by atoms with Crippen molar-refractivity contribution in [1.82, 2.24) is 9.55 Å². The molecule has 0 bridgehead atoms. The molecular formula is C22H20N2O2S. The average Bonchev–Trinajstić information content (AvgIpc) is 3.23. The number of fused-ring (bicyclic) bond motifs is 1. The molecule has 1 aliphatic rings. The van der Waals surface area contributed by atoms with Gasteiger partial charge in [0.1, 0.15) is 10.8 Å². The third-order valence-corrected chi connectivity index (χ3v) is 5.74. The number of ether oxygens (including phenoxy) is 2. The summed E-state index contributed by atoms with van der Waals surface area (Å²) in [6.45, 7) is 0.729. The van der Waals surface area contributed by atoms with Gasteiger partial charge in [0.15, 0.2) is 11.5 Å². The summed E-state index contributed by atoms with van der Waals surface area (Å²) in [6, 6.07) is 18.4. The summed E-state index contributed by atoms with van der Waals surface area (Å²) in [5.74, 6) is 3.07. The second kappa shape index (κ2) is 6.74. The summed E-state index contributed by atoms with van der Waals surface area (Å²) in [7, 11) is 1.69. The molecule has 0 atom stereocenters. The molecule has 5 rings (SSSR count). The van der Waals surface area contributed by atoms with E-state index in [1.807, 2.05) is 30.3 Å². The highest BCUT2D eigenvalue weighted by atomic mass is 32.1. The molecule has 0 unspecified atom stereocenters. The van der Waals surface area contributed by atoms with Crippen LogP contribution in [-0.4, -0.2) is 23.3 Å². The van der Waals surface area contributed by atoms with Gasteiger partial charge in [-0.3, -0.25) is 4.57 Å². The number of nitrogens with zero attached hydrogens (tertiary/aromatic N) is 2. The van der Waals surface area contributed by atoms with Crippen LogP contribution < -0.4 is 9.47 Å². The van der Waals surface area contributed by atoms with Gasteiger partial charge in [-0.25, -0.2) is 4.98 Å². The summed E-state index contributed by atoms with van der Waals surface area (Å²) in [5.41, 5.74) is 3.02. The third-order valence-electron chi connectivity index (χ3n) is 4.89. The number of aromatic nitrogens is 2. The van der Waals surface area contributed by atoms with Crippen molar-refractivity contribution in [1.29, 1.82) is 0 Å². The Kier molecular flexibility index (Phi) is 4.09. The molecule has 1 aliphatic carbocycles. The highest BCUT2D eigenvalue weighted by Crippen LogP contribution is 2.41. The van der Waals surface area contributed by atoms with E-state index in [1.165, 1.54) is 12.8 Å². The van der Waals surface area contributed by atoms with Crippen molar-refractivity contribution < 1.29 is 9.47 Å². The maximum atomic E-state index is 6.23. The lowest BCUT2D eigenvalue weighted by Crippen LogP contribution is -2.04. The molecule has 2 heterocycles. The average molecular weight is 376 g/mol. The Morgan fingerprint density at radius 3 is 2.74 bits per heavy atom. The zero-order chi connectivity index (χ0) is 18.2. The molecular weight excluding hydrogens is 356 g/mol. The maximum Gasteiger partial charge on any atom is 0.172 e. The summed E-state index contributed by atoms with van der Waals surface area (Å²) in [5, 5.41) is 3.22. The maximum absolute atomic E-state index is 6.23. The Morgan fingerprint density at radius 1 is 1.07 bits per heavy atom. The summed E-state index contributed by atoms with van der Waals surface area (Å²) < 4.78 is 14.0. The molecule has 1 fully saturated rings. The molecule has 5 heteroatoms. The molecule has 27 heavy (non-hydrogen) atoms. The zero-order valence-electron chi connectivity index (χ0n) is 15.1. The smallest absolute Gasteiger partial charge is 0.172 e. The van der Waals surface area contributed by atoms with Crippen LogP contribution in [0, 0.1) is 5.92 Å². The molecule has 4 nitrogen and oxygen atoms in total. The van der Waals surface area contributed by atoms with E-state index in [0.717, 1.165) is 45.5 Å². The van der Waals surface area contributed by atoms with Crippen LogP contribution in [0.5, 0.6) is 11.5 Å². The topological polar surface area (TPSA) is 36.3 Å². The van der Waals surface area contributed by atoms with Gasteiger partial charge < -0.3 is 9.47 Å². The highest BCUT2D eigenvalue weighted by molar-refractivity contribution is 7.12. The third kappa shape index (κ3) is 2.98. The predicted molar refractivity (Wildman–Crippen MR) is 109 cm³/mol. The number of hydrogen-bond donors (Lipinski definition) is 0. The summed E-state index contributed by atoms with van der Waals surface area (Å²) in [4.78, 5) is 4.95. The number of thiophene rings is 1. The van der Waals surface area contributed by atoms with Gasteiger partial charge in [-0.1, -0.05) is 18.2 Å². The Hall–Kier alpha value is -2.79. The van der Waals surface area contributed by atoms with Crippen molar-refractivity contribution in [2.45, 2.75) is 12.8 Å². The van der Waals surface area contributed by atoms with Crippen LogP contribution in [0.25, 0.3) is 27.4 Å². The van der Waals surface area contributed by atoms with Crippen LogP contribution in [-0.2, 0) is 0 Å². The van der Waals surface area contributed by atoms with Gasteiger partial charge in [0.25, 0.3) is 0 Å². The second-order valence-electron chi connectivity index (χ2n) is 6.80. The molecule has 0 N–H and O–H groups in total. The SMILES string of the molecule is COc1cccc(-c2nc3ccccc3n2-c2cccs2)c1OCC1CC1. The number of benzene rings is 2. The lowest BCUT2D eigenvalue weighted by atomic mass is 10.1. The van der Waals surface area contributed by atoms with Gasteiger partial charge >= 0.3 is 0 Å². The standard InChI is InChI=1S/C22H20N2O2S/c1-25-19-9-4-6-16(21(19)26-14-15-11-12-15)22-23-17-7-2-3-8-18(17)24(22)20-10-5-13-27-20/h2-10,13,15H,11-12,14H2,1H3. The van der Waals surface area contributed by atoms with Gasteiger partial charge in [0.05, 0.1) is 30.3 Å². The molecule has 0 spiro atoms. The molecule has 0 aliphatic heterocycles. The van der Waals surface area contributed by atoms with Gasteiger partial charge in [-0.15, -0.1) is 11.3 Å². The van der Waals surface area contributed by atoms with Crippen LogP contribution in [0.4, 0.5) is 0 Å². The zero-order valence-corrected chi connectivity index (χ0v) is 15.9. The van der Waals surface area contributed by atoms with Crippen LogP contribution in [0.3, 0.4) is 0 Å². The van der Waals surface area contributed by atoms with E-state index in [1.54, 1.807) is 18.4 Å². The predicted octanol–water partition coefficient (Wildman–Crippen LogP) is 5.55. The number of rotatable bonds is 6. The normalized spacial score (nSPS) is 13.8. The second-order valence-corrected chi connectivity index (χ2v) is 7.73. The van der Waals surface area contributed by atoms with E-state index in [2.05, 4.69) is 34.2 Å². The molecule has 2 aromatic heterocycles. The van der Waals surface area contributed by atoms with E-state index < -0.39 is 0 Å². The fourth-order valence-corrected chi connectivity index (χ4v) is 4.06. The Labute approximate surface area is 162 Å². The fraction of sp³-hybridized carbons (Fsp3) is 0.227. The van der Waals surface area contributed by atoms with Crippen LogP contribution in [0.1, 0.15) is 12.8 Å². The minimum absolute atomic E-state index is 0.666. The van der Waals surface area contributed by atoms with E-state index in [9.17, 15) is 0 Å².